The predicted octanol–water partition coefficient (Wildman–Crippen LogP) is 2.78. The van der Waals surface area contributed by atoms with E-state index in [0.717, 1.165) is 32.5 Å². The highest BCUT2D eigenvalue weighted by molar-refractivity contribution is 5.26. The zero-order chi connectivity index (χ0) is 13.1. The van der Waals surface area contributed by atoms with Crippen LogP contribution in [0.25, 0.3) is 0 Å². The van der Waals surface area contributed by atoms with Gasteiger partial charge in [0.25, 0.3) is 0 Å². The first-order valence-corrected chi connectivity index (χ1v) is 7.12. The number of ether oxygens (including phenoxy) is 1. The first kappa shape index (κ1) is 13.6. The zero-order valence-corrected chi connectivity index (χ0v) is 12.1. The van der Waals surface area contributed by atoms with Gasteiger partial charge in [-0.3, -0.25) is 0 Å². The van der Waals surface area contributed by atoms with Crippen molar-refractivity contribution < 1.29 is 4.74 Å². The first-order valence-electron chi connectivity index (χ1n) is 7.12. The number of aromatic nitrogens is 1. The van der Waals surface area contributed by atoms with Crippen molar-refractivity contribution in [3.63, 3.8) is 0 Å². The maximum atomic E-state index is 5.58. The number of aryl methyl sites for hydroxylation is 1. The molecule has 3 heteroatoms. The van der Waals surface area contributed by atoms with Gasteiger partial charge in [0, 0.05) is 37.1 Å². The molecule has 0 aromatic carbocycles. The summed E-state index contributed by atoms with van der Waals surface area (Å²) in [7, 11) is 0. The van der Waals surface area contributed by atoms with E-state index in [1.165, 1.54) is 17.0 Å². The van der Waals surface area contributed by atoms with Crippen molar-refractivity contribution in [2.75, 3.05) is 6.61 Å². The molecule has 1 aliphatic heterocycles. The topological polar surface area (TPSA) is 26.2 Å². The van der Waals surface area contributed by atoms with E-state index in [1.807, 2.05) is 0 Å². The molecule has 3 nitrogen and oxygen atoms in total. The van der Waals surface area contributed by atoms with Crippen molar-refractivity contribution in [2.45, 2.75) is 65.8 Å². The molecule has 2 heterocycles. The van der Waals surface area contributed by atoms with Crippen LogP contribution in [0.5, 0.6) is 0 Å². The summed E-state index contributed by atoms with van der Waals surface area (Å²) in [6, 6.07) is 2.92. The van der Waals surface area contributed by atoms with Crippen LogP contribution < -0.4 is 5.32 Å². The highest BCUT2D eigenvalue weighted by atomic mass is 16.5. The molecule has 0 saturated carbocycles. The molecule has 1 aliphatic rings. The van der Waals surface area contributed by atoms with Gasteiger partial charge in [0.1, 0.15) is 0 Å². The van der Waals surface area contributed by atoms with Gasteiger partial charge in [0.15, 0.2) is 0 Å². The summed E-state index contributed by atoms with van der Waals surface area (Å²) in [5.41, 5.74) is 4.21. The van der Waals surface area contributed by atoms with Gasteiger partial charge in [-0.25, -0.2) is 0 Å². The third kappa shape index (κ3) is 2.96. The summed E-state index contributed by atoms with van der Waals surface area (Å²) in [4.78, 5) is 0. The molecule has 0 aliphatic carbocycles. The zero-order valence-electron chi connectivity index (χ0n) is 12.1. The van der Waals surface area contributed by atoms with Gasteiger partial charge in [-0.05, 0) is 52.2 Å². The summed E-state index contributed by atoms with van der Waals surface area (Å²) >= 11 is 0. The van der Waals surface area contributed by atoms with Crippen LogP contribution in [-0.4, -0.2) is 23.3 Å². The number of nitrogens with zero attached hydrogens (tertiary/aromatic N) is 1. The Morgan fingerprint density at radius 3 is 2.83 bits per heavy atom. The van der Waals surface area contributed by atoms with Crippen molar-refractivity contribution in [2.24, 2.45) is 0 Å². The molecule has 0 amide bonds. The molecule has 0 spiro atoms. The van der Waals surface area contributed by atoms with Crippen LogP contribution in [-0.2, 0) is 17.8 Å². The van der Waals surface area contributed by atoms with E-state index < -0.39 is 0 Å². The minimum Gasteiger partial charge on any atom is -0.378 e. The fraction of sp³-hybridized carbons (Fsp3) is 0.733. The molecule has 2 atom stereocenters. The SMILES string of the molecule is CCn1c(C)cc(CNC2CCOC(C)C2)c1C. The highest BCUT2D eigenvalue weighted by Gasteiger charge is 2.19. The lowest BCUT2D eigenvalue weighted by molar-refractivity contribution is 0.0130. The van der Waals surface area contributed by atoms with Gasteiger partial charge in [-0.15, -0.1) is 0 Å². The minimum absolute atomic E-state index is 0.402. The average molecular weight is 250 g/mol. The second kappa shape index (κ2) is 5.89. The van der Waals surface area contributed by atoms with Crippen LogP contribution in [0.1, 0.15) is 43.6 Å². The van der Waals surface area contributed by atoms with Crippen LogP contribution in [0.3, 0.4) is 0 Å². The number of nitrogens with one attached hydrogen (secondary N) is 1. The van der Waals surface area contributed by atoms with E-state index in [1.54, 1.807) is 0 Å². The Balaban J connectivity index is 1.93. The van der Waals surface area contributed by atoms with E-state index in [0.29, 0.717) is 12.1 Å². The predicted molar refractivity (Wildman–Crippen MR) is 74.9 cm³/mol. The summed E-state index contributed by atoms with van der Waals surface area (Å²) in [6.07, 6.45) is 2.67. The summed E-state index contributed by atoms with van der Waals surface area (Å²) in [5, 5.41) is 3.68. The quantitative estimate of drug-likeness (QED) is 0.889. The highest BCUT2D eigenvalue weighted by Crippen LogP contribution is 2.17. The van der Waals surface area contributed by atoms with Crippen LogP contribution in [0.4, 0.5) is 0 Å². The molecule has 2 unspecified atom stereocenters. The van der Waals surface area contributed by atoms with Crippen LogP contribution in [0, 0.1) is 13.8 Å². The van der Waals surface area contributed by atoms with E-state index in [2.05, 4.69) is 43.6 Å². The molecule has 1 N–H and O–H groups in total. The Labute approximate surface area is 111 Å². The fourth-order valence-corrected chi connectivity index (χ4v) is 2.98. The Bertz CT molecular complexity index is 397. The molecule has 18 heavy (non-hydrogen) atoms. The van der Waals surface area contributed by atoms with Gasteiger partial charge in [-0.2, -0.15) is 0 Å². The number of hydrogen-bond donors (Lipinski definition) is 1. The van der Waals surface area contributed by atoms with Crippen molar-refractivity contribution in [1.29, 1.82) is 0 Å². The number of rotatable bonds is 4. The van der Waals surface area contributed by atoms with Crippen molar-refractivity contribution >= 4 is 0 Å². The van der Waals surface area contributed by atoms with Gasteiger partial charge in [0.05, 0.1) is 6.10 Å². The van der Waals surface area contributed by atoms with E-state index in [9.17, 15) is 0 Å². The number of hydrogen-bond acceptors (Lipinski definition) is 2. The van der Waals surface area contributed by atoms with E-state index in [-0.39, 0.29) is 0 Å². The lowest BCUT2D eigenvalue weighted by Gasteiger charge is -2.28. The smallest absolute Gasteiger partial charge is 0.0561 e. The molecule has 2 rings (SSSR count). The van der Waals surface area contributed by atoms with Gasteiger partial charge >= 0.3 is 0 Å². The van der Waals surface area contributed by atoms with Crippen molar-refractivity contribution in [3.05, 3.63) is 23.0 Å². The monoisotopic (exact) mass is 250 g/mol. The summed E-state index contributed by atoms with van der Waals surface area (Å²) in [5.74, 6) is 0. The Kier molecular flexibility index (Phi) is 4.46. The lowest BCUT2D eigenvalue weighted by Crippen LogP contribution is -2.37. The van der Waals surface area contributed by atoms with E-state index >= 15 is 0 Å². The van der Waals surface area contributed by atoms with Gasteiger partial charge in [-0.1, -0.05) is 0 Å². The standard InChI is InChI=1S/C15H26N2O/c1-5-17-11(2)8-14(13(17)4)10-16-15-6-7-18-12(3)9-15/h8,12,15-16H,5-7,9-10H2,1-4H3. The molecule has 0 bridgehead atoms. The van der Waals surface area contributed by atoms with Crippen LogP contribution in [0.2, 0.25) is 0 Å². The Hall–Kier alpha value is -0.800. The minimum atomic E-state index is 0.402. The van der Waals surface area contributed by atoms with E-state index in [4.69, 9.17) is 4.74 Å². The maximum absolute atomic E-state index is 5.58. The summed E-state index contributed by atoms with van der Waals surface area (Å²) in [6.45, 7) is 11.7. The normalized spacial score (nSPS) is 24.4. The average Bonchev–Trinajstić information content (AvgIpc) is 2.61. The molecule has 1 fully saturated rings. The third-order valence-corrected chi connectivity index (χ3v) is 4.06. The largest absolute Gasteiger partial charge is 0.378 e. The van der Waals surface area contributed by atoms with Gasteiger partial charge < -0.3 is 14.6 Å². The second-order valence-corrected chi connectivity index (χ2v) is 5.42. The molecular weight excluding hydrogens is 224 g/mol. The fourth-order valence-electron chi connectivity index (χ4n) is 2.98. The molecular formula is C15H26N2O. The molecule has 1 saturated heterocycles. The Morgan fingerprint density at radius 2 is 2.22 bits per heavy atom. The summed E-state index contributed by atoms with van der Waals surface area (Å²) < 4.78 is 7.96. The molecule has 0 radical (unpaired) electrons. The molecule has 1 aromatic heterocycles. The second-order valence-electron chi connectivity index (χ2n) is 5.42. The van der Waals surface area contributed by atoms with Gasteiger partial charge in [0.2, 0.25) is 0 Å². The van der Waals surface area contributed by atoms with Crippen molar-refractivity contribution in [1.82, 2.24) is 9.88 Å². The molecule has 1 aromatic rings. The third-order valence-electron chi connectivity index (χ3n) is 4.06. The lowest BCUT2D eigenvalue weighted by atomic mass is 10.0. The van der Waals surface area contributed by atoms with Crippen LogP contribution in [0.15, 0.2) is 6.07 Å². The molecule has 102 valence electrons. The van der Waals surface area contributed by atoms with Crippen LogP contribution >= 0.6 is 0 Å². The maximum Gasteiger partial charge on any atom is 0.0561 e. The van der Waals surface area contributed by atoms with Crippen molar-refractivity contribution in [3.8, 4) is 0 Å². The Morgan fingerprint density at radius 1 is 1.44 bits per heavy atom. The first-order chi connectivity index (χ1) is 8.61.